The number of rotatable bonds is 7. The molecule has 1 fully saturated rings. The lowest BCUT2D eigenvalue weighted by Gasteiger charge is -2.39. The van der Waals surface area contributed by atoms with Gasteiger partial charge in [0.1, 0.15) is 11.0 Å². The second kappa shape index (κ2) is 10.4. The van der Waals surface area contributed by atoms with E-state index < -0.39 is 33.2 Å². The fraction of sp³-hybridized carbons (Fsp3) is 0.462. The molecule has 13 heteroatoms. The van der Waals surface area contributed by atoms with Gasteiger partial charge in [-0.1, -0.05) is 0 Å². The summed E-state index contributed by atoms with van der Waals surface area (Å²) in [4.78, 5) is 28.2. The highest BCUT2D eigenvalue weighted by Gasteiger charge is 2.43. The average molecular weight is 557 g/mol. The Bertz CT molecular complexity index is 1570. The number of carbonyl (C=O) groups excluding carboxylic acids is 1. The van der Waals surface area contributed by atoms with Crippen LogP contribution in [0, 0.1) is 11.3 Å². The number of aromatic nitrogens is 3. The van der Waals surface area contributed by atoms with E-state index in [1.54, 1.807) is 43.7 Å². The molecule has 4 rings (SSSR count). The molecule has 1 aromatic carbocycles. The molecule has 0 amide bonds. The molecule has 0 saturated carbocycles. The van der Waals surface area contributed by atoms with Crippen LogP contribution in [0.5, 0.6) is 0 Å². The highest BCUT2D eigenvalue weighted by atomic mass is 32.2. The van der Waals surface area contributed by atoms with Crippen molar-refractivity contribution in [2.45, 2.75) is 62.2 Å². The molecule has 2 aromatic heterocycles. The summed E-state index contributed by atoms with van der Waals surface area (Å²) < 4.78 is 39.0. The van der Waals surface area contributed by atoms with E-state index in [2.05, 4.69) is 16.4 Å². The van der Waals surface area contributed by atoms with Gasteiger partial charge in [-0.15, -0.1) is 0 Å². The molecule has 2 unspecified atom stereocenters. The molecular weight excluding hydrogens is 524 g/mol. The molecule has 0 spiro atoms. The van der Waals surface area contributed by atoms with Crippen molar-refractivity contribution in [3.8, 4) is 6.07 Å². The van der Waals surface area contributed by atoms with Crippen LogP contribution in [0.1, 0.15) is 40.0 Å². The average Bonchev–Trinajstić information content (AvgIpc) is 3.24. The van der Waals surface area contributed by atoms with Crippen molar-refractivity contribution in [3.05, 3.63) is 46.9 Å². The first-order valence-corrected chi connectivity index (χ1v) is 13.8. The molecule has 1 saturated heterocycles. The van der Waals surface area contributed by atoms with Crippen LogP contribution in [0.4, 0.5) is 11.5 Å². The van der Waals surface area contributed by atoms with Crippen LogP contribution in [0.2, 0.25) is 0 Å². The topological polar surface area (TPSA) is 159 Å². The van der Waals surface area contributed by atoms with E-state index in [0.717, 1.165) is 4.31 Å². The fourth-order valence-electron chi connectivity index (χ4n) is 4.48. The van der Waals surface area contributed by atoms with Gasteiger partial charge in [0.15, 0.2) is 11.9 Å². The molecule has 2 atom stereocenters. The highest BCUT2D eigenvalue weighted by molar-refractivity contribution is 7.89. The van der Waals surface area contributed by atoms with Gasteiger partial charge in [-0.3, -0.25) is 9.48 Å². The third-order valence-electron chi connectivity index (χ3n) is 6.45. The predicted molar refractivity (Wildman–Crippen MR) is 144 cm³/mol. The Morgan fingerprint density at radius 1 is 1.31 bits per heavy atom. The minimum absolute atomic E-state index is 0.0184. The minimum Gasteiger partial charge on any atom is -0.458 e. The number of ether oxygens (including phenoxy) is 2. The SMILES string of the molecule is CN(C)S(=O)(=O)c1ccc(Nc2nn(C3(CC#N)CCC(C(=O)OC(C)(C)C)OC3)c3cc[nH]c(=O)c23)cc1. The van der Waals surface area contributed by atoms with Crippen LogP contribution in [0.15, 0.2) is 46.2 Å². The van der Waals surface area contributed by atoms with Gasteiger partial charge in [0.25, 0.3) is 5.56 Å². The number of hydrogen-bond acceptors (Lipinski definition) is 9. The summed E-state index contributed by atoms with van der Waals surface area (Å²) in [6.45, 7) is 5.36. The Morgan fingerprint density at radius 2 is 2.00 bits per heavy atom. The number of pyridine rings is 1. The van der Waals surface area contributed by atoms with Gasteiger partial charge in [-0.2, -0.15) is 10.4 Å². The molecule has 0 aliphatic carbocycles. The Kier molecular flexibility index (Phi) is 7.57. The zero-order chi connectivity index (χ0) is 28.6. The smallest absolute Gasteiger partial charge is 0.335 e. The predicted octanol–water partition coefficient (Wildman–Crippen LogP) is 2.85. The van der Waals surface area contributed by atoms with E-state index in [4.69, 9.17) is 14.6 Å². The molecule has 1 aliphatic heterocycles. The lowest BCUT2D eigenvalue weighted by molar-refractivity contribution is -0.176. The van der Waals surface area contributed by atoms with Crippen molar-refractivity contribution >= 4 is 38.4 Å². The largest absolute Gasteiger partial charge is 0.458 e. The van der Waals surface area contributed by atoms with Crippen LogP contribution in [-0.4, -0.2) is 65.9 Å². The van der Waals surface area contributed by atoms with Crippen LogP contribution in [0.3, 0.4) is 0 Å². The van der Waals surface area contributed by atoms with Crippen molar-refractivity contribution in [2.75, 3.05) is 26.0 Å². The van der Waals surface area contributed by atoms with Gasteiger partial charge in [-0.05, 0) is 63.9 Å². The van der Waals surface area contributed by atoms with E-state index in [0.29, 0.717) is 24.0 Å². The minimum atomic E-state index is -3.60. The highest BCUT2D eigenvalue weighted by Crippen LogP contribution is 2.37. The summed E-state index contributed by atoms with van der Waals surface area (Å²) in [6.07, 6.45) is 1.47. The molecule has 0 bridgehead atoms. The Labute approximate surface area is 226 Å². The number of hydrogen-bond donors (Lipinski definition) is 2. The number of esters is 1. The van der Waals surface area contributed by atoms with Crippen LogP contribution < -0.4 is 10.9 Å². The standard InChI is InChI=1S/C26H32N6O6S/c1-25(2,3)38-24(34)20-10-12-26(13-14-27,16-37-20)32-19-11-15-28-23(33)21(19)22(30-32)29-17-6-8-18(9-7-17)39(35,36)31(4)5/h6-9,11,15,20H,10,12-13,16H2,1-5H3,(H,28,33)(H,29,30). The monoisotopic (exact) mass is 556 g/mol. The summed E-state index contributed by atoms with van der Waals surface area (Å²) in [7, 11) is -0.695. The molecule has 208 valence electrons. The number of sulfonamides is 1. The number of nitrogens with zero attached hydrogens (tertiary/aromatic N) is 4. The number of carbonyl (C=O) groups is 1. The maximum absolute atomic E-state index is 12.9. The first kappa shape index (κ1) is 28.3. The van der Waals surface area contributed by atoms with Gasteiger partial charge < -0.3 is 19.8 Å². The number of H-pyrrole nitrogens is 1. The summed E-state index contributed by atoms with van der Waals surface area (Å²) in [6, 6.07) is 9.99. The lowest BCUT2D eigenvalue weighted by atomic mass is 9.87. The molecular formula is C26H32N6O6S. The number of nitrogens with one attached hydrogen (secondary N) is 2. The summed E-state index contributed by atoms with van der Waals surface area (Å²) in [5.74, 6) is -0.224. The number of anilines is 2. The fourth-order valence-corrected chi connectivity index (χ4v) is 5.38. The number of aromatic amines is 1. The van der Waals surface area contributed by atoms with Crippen LogP contribution in [0.25, 0.3) is 10.9 Å². The van der Waals surface area contributed by atoms with Crippen LogP contribution >= 0.6 is 0 Å². The van der Waals surface area contributed by atoms with Crippen molar-refractivity contribution in [2.24, 2.45) is 0 Å². The van der Waals surface area contributed by atoms with E-state index in [1.807, 2.05) is 0 Å². The molecule has 12 nitrogen and oxygen atoms in total. The van der Waals surface area contributed by atoms with E-state index in [-0.39, 0.29) is 34.7 Å². The van der Waals surface area contributed by atoms with E-state index in [9.17, 15) is 23.3 Å². The molecule has 3 aromatic rings. The summed E-state index contributed by atoms with van der Waals surface area (Å²) in [5.41, 5.74) is -0.966. The Morgan fingerprint density at radius 3 is 2.56 bits per heavy atom. The second-order valence-corrected chi connectivity index (χ2v) is 12.8. The maximum Gasteiger partial charge on any atom is 0.335 e. The summed E-state index contributed by atoms with van der Waals surface area (Å²) in [5, 5.41) is 17.8. The third-order valence-corrected chi connectivity index (χ3v) is 8.28. The zero-order valence-electron chi connectivity index (χ0n) is 22.5. The van der Waals surface area contributed by atoms with Crippen molar-refractivity contribution < 1.29 is 22.7 Å². The van der Waals surface area contributed by atoms with Gasteiger partial charge >= 0.3 is 5.97 Å². The van der Waals surface area contributed by atoms with Gasteiger partial charge in [0.2, 0.25) is 10.0 Å². The van der Waals surface area contributed by atoms with Gasteiger partial charge in [0, 0.05) is 26.0 Å². The number of benzene rings is 1. The van der Waals surface area contributed by atoms with Crippen LogP contribution in [-0.2, 0) is 29.8 Å². The van der Waals surface area contributed by atoms with E-state index in [1.165, 1.54) is 32.4 Å². The number of fused-ring (bicyclic) bond motifs is 1. The third kappa shape index (κ3) is 5.68. The normalized spacial score (nSPS) is 20.1. The van der Waals surface area contributed by atoms with Gasteiger partial charge in [-0.25, -0.2) is 17.5 Å². The summed E-state index contributed by atoms with van der Waals surface area (Å²) >= 11 is 0. The Hall–Kier alpha value is -3.73. The first-order chi connectivity index (χ1) is 18.3. The second-order valence-electron chi connectivity index (χ2n) is 10.7. The Balaban J connectivity index is 1.69. The maximum atomic E-state index is 12.9. The first-order valence-electron chi connectivity index (χ1n) is 12.4. The quantitative estimate of drug-likeness (QED) is 0.417. The lowest BCUT2D eigenvalue weighted by Crippen LogP contribution is -2.47. The van der Waals surface area contributed by atoms with Crippen molar-refractivity contribution in [1.82, 2.24) is 19.1 Å². The molecule has 2 N–H and O–H groups in total. The molecule has 1 aliphatic rings. The molecule has 3 heterocycles. The molecule has 0 radical (unpaired) electrons. The zero-order valence-corrected chi connectivity index (χ0v) is 23.3. The van der Waals surface area contributed by atoms with Crippen molar-refractivity contribution in [3.63, 3.8) is 0 Å². The van der Waals surface area contributed by atoms with Gasteiger partial charge in [0.05, 0.1) is 35.0 Å². The van der Waals surface area contributed by atoms with E-state index >= 15 is 0 Å². The molecule has 39 heavy (non-hydrogen) atoms. The van der Waals surface area contributed by atoms with Crippen molar-refractivity contribution in [1.29, 1.82) is 5.26 Å². The number of nitriles is 1.